The molecule has 4 rings (SSSR count). The molecule has 0 saturated heterocycles. The zero-order valence-electron chi connectivity index (χ0n) is 18.3. The summed E-state index contributed by atoms with van der Waals surface area (Å²) in [4.78, 5) is 0. The van der Waals surface area contributed by atoms with Crippen molar-refractivity contribution >= 4 is 31.9 Å². The van der Waals surface area contributed by atoms with Crippen molar-refractivity contribution in [2.45, 2.75) is 0 Å². The molecule has 4 aromatic carbocycles. The summed E-state index contributed by atoms with van der Waals surface area (Å²) in [5, 5.41) is 17.0. The average Bonchev–Trinajstić information content (AvgIpc) is 2.90. The maximum absolute atomic E-state index is 13.7. The third-order valence-electron chi connectivity index (χ3n) is 5.02. The van der Waals surface area contributed by atoms with Gasteiger partial charge < -0.3 is 0 Å². The van der Waals surface area contributed by atoms with Crippen LogP contribution in [0.25, 0.3) is 22.3 Å². The molecule has 0 aliphatic carbocycles. The summed E-state index contributed by atoms with van der Waals surface area (Å²) >= 11 is 6.26. The summed E-state index contributed by atoms with van der Waals surface area (Å²) in [5.41, 5.74) is -4.25. The van der Waals surface area contributed by atoms with Gasteiger partial charge in [0.05, 0.1) is 11.1 Å². The highest BCUT2D eigenvalue weighted by atomic mass is 79.9. The van der Waals surface area contributed by atoms with E-state index in [9.17, 15) is 35.1 Å². The molecule has 0 amide bonds. The molecule has 4 aromatic rings. The maximum atomic E-state index is 13.7. The number of nitrogens with zero attached hydrogens (tertiary/aromatic N) is 2. The predicted octanol–water partition coefficient (Wildman–Crippen LogP) is 9.09. The van der Waals surface area contributed by atoms with E-state index in [0.717, 1.165) is 12.1 Å². The summed E-state index contributed by atoms with van der Waals surface area (Å²) in [6, 6.07) is 13.3. The Kier molecular flexibility index (Phi) is 8.92. The minimum Gasteiger partial charge on any atom is -0.203 e. The van der Waals surface area contributed by atoms with Crippen molar-refractivity contribution in [1.29, 1.82) is 10.5 Å². The Morgan fingerprint density at radius 3 is 0.868 bits per heavy atom. The second-order valence-corrected chi connectivity index (χ2v) is 9.08. The quantitative estimate of drug-likeness (QED) is 0.159. The first-order valence-electron chi connectivity index (χ1n) is 9.98. The molecular formula is C26H8Br2F8N2. The molecule has 0 aliphatic rings. The van der Waals surface area contributed by atoms with Gasteiger partial charge in [0, 0.05) is 8.95 Å². The lowest BCUT2D eigenvalue weighted by Gasteiger charge is -2.08. The van der Waals surface area contributed by atoms with Gasteiger partial charge in [0.15, 0.2) is 46.5 Å². The van der Waals surface area contributed by atoms with Crippen LogP contribution in [0.3, 0.4) is 0 Å². The normalized spacial score (nSPS) is 10.3. The highest BCUT2D eigenvalue weighted by molar-refractivity contribution is 9.10. The van der Waals surface area contributed by atoms with Crippen molar-refractivity contribution in [2.75, 3.05) is 0 Å². The summed E-state index contributed by atoms with van der Waals surface area (Å²) in [6.45, 7) is 0. The first-order valence-corrected chi connectivity index (χ1v) is 11.6. The van der Waals surface area contributed by atoms with Gasteiger partial charge in [0.2, 0.25) is 0 Å². The van der Waals surface area contributed by atoms with E-state index in [0.29, 0.717) is 8.95 Å². The fraction of sp³-hybridized carbons (Fsp3) is 0. The molecule has 0 saturated carbocycles. The summed E-state index contributed by atoms with van der Waals surface area (Å²) < 4.78 is 110. The van der Waals surface area contributed by atoms with Crippen LogP contribution in [-0.2, 0) is 0 Å². The number of hydrogen-bond donors (Lipinski definition) is 0. The van der Waals surface area contributed by atoms with Gasteiger partial charge in [0.25, 0.3) is 0 Å². The Morgan fingerprint density at radius 2 is 0.658 bits per heavy atom. The van der Waals surface area contributed by atoms with Gasteiger partial charge in [-0.3, -0.25) is 0 Å². The van der Waals surface area contributed by atoms with E-state index >= 15 is 0 Å². The monoisotopic (exact) mass is 658 g/mol. The number of rotatable bonds is 2. The largest absolute Gasteiger partial charge is 0.203 e. The highest BCUT2D eigenvalue weighted by Crippen LogP contribution is 2.33. The van der Waals surface area contributed by atoms with Crippen LogP contribution in [0.2, 0.25) is 0 Å². The van der Waals surface area contributed by atoms with E-state index in [4.69, 9.17) is 10.5 Å². The van der Waals surface area contributed by atoms with Gasteiger partial charge >= 0.3 is 0 Å². The number of benzene rings is 4. The molecule has 38 heavy (non-hydrogen) atoms. The molecular weight excluding hydrogens is 652 g/mol. The molecule has 0 heterocycles. The van der Waals surface area contributed by atoms with Gasteiger partial charge in [-0.15, -0.1) is 0 Å². The highest BCUT2D eigenvalue weighted by Gasteiger charge is 2.27. The van der Waals surface area contributed by atoms with E-state index in [1.165, 1.54) is 48.5 Å². The lowest BCUT2D eigenvalue weighted by molar-refractivity contribution is 0.454. The minimum atomic E-state index is -1.70. The molecule has 0 fully saturated rings. The van der Waals surface area contributed by atoms with Gasteiger partial charge in [-0.25, -0.2) is 35.1 Å². The molecule has 12 heteroatoms. The van der Waals surface area contributed by atoms with Crippen LogP contribution in [0.1, 0.15) is 11.1 Å². The minimum absolute atomic E-state index is 0.0273. The maximum Gasteiger partial charge on any atom is 0.180 e. The summed E-state index contributed by atoms with van der Waals surface area (Å²) in [5.74, 6) is -13.1. The zero-order chi connectivity index (χ0) is 28.3. The van der Waals surface area contributed by atoms with Crippen LogP contribution in [0.4, 0.5) is 35.1 Å². The van der Waals surface area contributed by atoms with Crippen molar-refractivity contribution in [1.82, 2.24) is 0 Å². The van der Waals surface area contributed by atoms with E-state index in [2.05, 4.69) is 31.9 Å². The Hall–Kier alpha value is -3.74. The molecule has 2 nitrogen and oxygen atoms in total. The van der Waals surface area contributed by atoms with E-state index in [1.54, 1.807) is 0 Å². The molecule has 0 bridgehead atoms. The fourth-order valence-corrected chi connectivity index (χ4v) is 3.73. The van der Waals surface area contributed by atoms with Crippen molar-refractivity contribution in [3.8, 4) is 34.4 Å². The smallest absolute Gasteiger partial charge is 0.180 e. The number of halogens is 10. The van der Waals surface area contributed by atoms with Gasteiger partial charge in [-0.2, -0.15) is 10.5 Å². The number of hydrogen-bond acceptors (Lipinski definition) is 2. The van der Waals surface area contributed by atoms with Crippen LogP contribution < -0.4 is 0 Å². The molecule has 0 aliphatic heterocycles. The lowest BCUT2D eigenvalue weighted by Crippen LogP contribution is -2.03. The second-order valence-electron chi connectivity index (χ2n) is 7.25. The Balaban J connectivity index is 0.000000211. The Bertz CT molecular complexity index is 1440. The first-order chi connectivity index (χ1) is 17.9. The SMILES string of the molecule is N#Cc1c(F)c(F)c(-c2ccc(Br)cc2)c(F)c1F.N#Cc1c(F)c(F)c(-c2ccc(Br)cc2)c(F)c1F. The molecule has 0 aromatic heterocycles. The molecule has 0 spiro atoms. The van der Waals surface area contributed by atoms with Crippen LogP contribution >= 0.6 is 31.9 Å². The van der Waals surface area contributed by atoms with Gasteiger partial charge in [-0.05, 0) is 35.4 Å². The van der Waals surface area contributed by atoms with E-state index < -0.39 is 68.8 Å². The summed E-state index contributed by atoms with van der Waals surface area (Å²) in [6.07, 6.45) is 0. The second kappa shape index (κ2) is 11.8. The van der Waals surface area contributed by atoms with Crippen molar-refractivity contribution in [3.63, 3.8) is 0 Å². The van der Waals surface area contributed by atoms with Crippen LogP contribution in [0.15, 0.2) is 57.5 Å². The van der Waals surface area contributed by atoms with Gasteiger partial charge in [-0.1, -0.05) is 56.1 Å². The molecule has 192 valence electrons. The van der Waals surface area contributed by atoms with E-state index in [1.807, 2.05) is 0 Å². The lowest BCUT2D eigenvalue weighted by atomic mass is 10.0. The van der Waals surface area contributed by atoms with Crippen LogP contribution in [0.5, 0.6) is 0 Å². The van der Waals surface area contributed by atoms with Crippen LogP contribution in [-0.4, -0.2) is 0 Å². The van der Waals surface area contributed by atoms with Gasteiger partial charge in [0.1, 0.15) is 23.3 Å². The molecule has 0 N–H and O–H groups in total. The first kappa shape index (κ1) is 28.8. The molecule has 0 unspecified atom stereocenters. The topological polar surface area (TPSA) is 47.6 Å². The van der Waals surface area contributed by atoms with E-state index in [-0.39, 0.29) is 11.1 Å². The standard InChI is InChI=1S/2C13H4BrF4N/c2*14-7-3-1-6(2-4-7)9-12(17)10(15)8(5-19)11(16)13(9)18/h2*1-4H. The van der Waals surface area contributed by atoms with Crippen molar-refractivity contribution in [3.05, 3.63) is 115 Å². The van der Waals surface area contributed by atoms with Crippen molar-refractivity contribution in [2.24, 2.45) is 0 Å². The fourth-order valence-electron chi connectivity index (χ4n) is 3.20. The van der Waals surface area contributed by atoms with Crippen molar-refractivity contribution < 1.29 is 35.1 Å². The molecule has 0 radical (unpaired) electrons. The summed E-state index contributed by atoms with van der Waals surface area (Å²) in [7, 11) is 0. The Morgan fingerprint density at radius 1 is 0.421 bits per heavy atom. The molecule has 0 atom stereocenters. The third-order valence-corrected chi connectivity index (χ3v) is 6.07. The Labute approximate surface area is 226 Å². The number of nitriles is 2. The van der Waals surface area contributed by atoms with Crippen LogP contribution in [0, 0.1) is 69.2 Å². The zero-order valence-corrected chi connectivity index (χ0v) is 21.5. The third kappa shape index (κ3) is 5.42. The average molecular weight is 660 g/mol. The predicted molar refractivity (Wildman–Crippen MR) is 128 cm³/mol.